The summed E-state index contributed by atoms with van der Waals surface area (Å²) in [4.78, 5) is 10.2. The first-order valence-electron chi connectivity index (χ1n) is 7.05. The maximum Gasteiger partial charge on any atom is 0.325 e. The molecule has 0 aromatic heterocycles. The molecule has 3 rings (SSSR count). The van der Waals surface area contributed by atoms with Gasteiger partial charge >= 0.3 is 6.72 Å². The van der Waals surface area contributed by atoms with Crippen molar-refractivity contribution in [2.75, 3.05) is 19.8 Å². The molecule has 130 valence electrons. The average Bonchev–Trinajstić information content (AvgIpc) is 3.06. The van der Waals surface area contributed by atoms with E-state index in [0.29, 0.717) is 6.42 Å². The van der Waals surface area contributed by atoms with Crippen molar-refractivity contribution in [2.45, 2.75) is 47.5 Å². The number of rotatable bonds is 6. The fourth-order valence-corrected chi connectivity index (χ4v) is 5.03. The fraction of sp³-hybridized carbons (Fsp3) is 1.00. The zero-order valence-corrected chi connectivity index (χ0v) is 15.3. The minimum Gasteiger partial charge on any atom is -0.393 e. The third kappa shape index (κ3) is 3.70. The number of aliphatic hydroxyl groups excluding tert-OH is 2. The fourth-order valence-electron chi connectivity index (χ4n) is 2.91. The van der Waals surface area contributed by atoms with Gasteiger partial charge in [-0.05, 0) is 11.8 Å². The Morgan fingerprint density at radius 1 is 1.48 bits per heavy atom. The Labute approximate surface area is 148 Å². The normalized spacial score (nSPS) is 48.7. The van der Waals surface area contributed by atoms with Gasteiger partial charge in [-0.3, -0.25) is 4.52 Å². The number of alkyl halides is 1. The molecule has 12 heteroatoms. The topological polar surface area (TPSA) is 107 Å². The van der Waals surface area contributed by atoms with Crippen molar-refractivity contribution < 1.29 is 38.4 Å². The molecular formula is C11H17BBrO8PS. The van der Waals surface area contributed by atoms with Gasteiger partial charge < -0.3 is 33.8 Å². The first-order chi connectivity index (χ1) is 10.8. The lowest BCUT2D eigenvalue weighted by Crippen LogP contribution is -2.45. The second kappa shape index (κ2) is 6.88. The number of halogens is 1. The number of hydrogen-bond donors (Lipinski definition) is 3. The van der Waals surface area contributed by atoms with Crippen LogP contribution in [0.15, 0.2) is 0 Å². The van der Waals surface area contributed by atoms with Crippen LogP contribution in [0.25, 0.3) is 0 Å². The van der Waals surface area contributed by atoms with Gasteiger partial charge in [-0.25, -0.2) is 0 Å². The third-order valence-corrected chi connectivity index (χ3v) is 6.26. The molecule has 3 saturated heterocycles. The molecule has 0 aromatic rings. The highest BCUT2D eigenvalue weighted by molar-refractivity contribution is 9.09. The largest absolute Gasteiger partial charge is 0.393 e. The summed E-state index contributed by atoms with van der Waals surface area (Å²) in [6.45, 7) is -4.06. The van der Waals surface area contributed by atoms with E-state index in [4.69, 9.17) is 42.9 Å². The molecular weight excluding hydrogens is 414 g/mol. The SMILES string of the molecule is [B][C@@H]1OC2(CO)COC1C2OP(O)(=S)OC[C@H]1O[C@@H](Br)CC1O. The van der Waals surface area contributed by atoms with Crippen molar-refractivity contribution in [1.82, 2.24) is 0 Å². The molecule has 0 amide bonds. The molecule has 8 nitrogen and oxygen atoms in total. The molecule has 8 atom stereocenters. The van der Waals surface area contributed by atoms with Crippen molar-refractivity contribution in [3.63, 3.8) is 0 Å². The molecule has 23 heavy (non-hydrogen) atoms. The summed E-state index contributed by atoms with van der Waals surface area (Å²) >= 11 is 8.23. The summed E-state index contributed by atoms with van der Waals surface area (Å²) in [6, 6.07) is -0.773. The highest BCUT2D eigenvalue weighted by atomic mass is 79.9. The summed E-state index contributed by atoms with van der Waals surface area (Å²) in [6.07, 6.45) is -2.38. The van der Waals surface area contributed by atoms with Crippen molar-refractivity contribution in [2.24, 2.45) is 0 Å². The molecule has 3 aliphatic heterocycles. The Balaban J connectivity index is 1.59. The summed E-state index contributed by atoms with van der Waals surface area (Å²) in [5.41, 5.74) is -1.15. The summed E-state index contributed by atoms with van der Waals surface area (Å²) in [5.74, 6) is 0. The number of aliphatic hydroxyl groups is 2. The third-order valence-electron chi connectivity index (χ3n) is 4.13. The van der Waals surface area contributed by atoms with Gasteiger partial charge in [-0.2, -0.15) is 0 Å². The van der Waals surface area contributed by atoms with Gasteiger partial charge in [0.1, 0.15) is 36.8 Å². The number of fused-ring (bicyclic) bond motifs is 2. The van der Waals surface area contributed by atoms with Crippen LogP contribution in [0, 0.1) is 0 Å². The Morgan fingerprint density at radius 3 is 2.78 bits per heavy atom. The first-order valence-corrected chi connectivity index (χ1v) is 10.6. The lowest BCUT2D eigenvalue weighted by molar-refractivity contribution is -0.136. The Morgan fingerprint density at radius 2 is 2.22 bits per heavy atom. The highest BCUT2D eigenvalue weighted by Crippen LogP contribution is 2.52. The second-order valence-corrected chi connectivity index (χ2v) is 9.57. The molecule has 3 fully saturated rings. The van der Waals surface area contributed by atoms with Crippen LogP contribution in [-0.4, -0.2) is 83.8 Å². The zero-order chi connectivity index (χ0) is 16.8. The van der Waals surface area contributed by atoms with E-state index in [1.54, 1.807) is 0 Å². The number of hydrogen-bond acceptors (Lipinski definition) is 8. The molecule has 0 aromatic carbocycles. The van der Waals surface area contributed by atoms with Crippen LogP contribution in [0.5, 0.6) is 0 Å². The minimum absolute atomic E-state index is 0.0948. The Bertz CT molecular complexity index is 503. The quantitative estimate of drug-likeness (QED) is 0.281. The summed E-state index contributed by atoms with van der Waals surface area (Å²) in [7, 11) is 5.76. The molecule has 3 N–H and O–H groups in total. The monoisotopic (exact) mass is 430 g/mol. The van der Waals surface area contributed by atoms with Gasteiger partial charge in [0.05, 0.1) is 25.9 Å². The van der Waals surface area contributed by atoms with Crippen molar-refractivity contribution in [1.29, 1.82) is 0 Å². The molecule has 2 radical (unpaired) electrons. The summed E-state index contributed by atoms with van der Waals surface area (Å²) in [5, 5.41) is 19.1. The Kier molecular flexibility index (Phi) is 5.59. The van der Waals surface area contributed by atoms with Crippen molar-refractivity contribution >= 4 is 42.3 Å². The van der Waals surface area contributed by atoms with Gasteiger partial charge in [0.25, 0.3) is 0 Å². The van der Waals surface area contributed by atoms with Gasteiger partial charge in [-0.1, -0.05) is 15.9 Å². The molecule has 0 spiro atoms. The average molecular weight is 431 g/mol. The molecule has 0 saturated carbocycles. The molecule has 3 aliphatic rings. The first kappa shape index (κ1) is 18.7. The van der Waals surface area contributed by atoms with Crippen LogP contribution in [0.4, 0.5) is 0 Å². The van der Waals surface area contributed by atoms with E-state index in [-0.39, 0.29) is 24.8 Å². The predicted molar refractivity (Wildman–Crippen MR) is 85.7 cm³/mol. The van der Waals surface area contributed by atoms with Crippen LogP contribution < -0.4 is 0 Å². The van der Waals surface area contributed by atoms with Gasteiger partial charge in [-0.15, -0.1) is 0 Å². The van der Waals surface area contributed by atoms with Gasteiger partial charge in [0.2, 0.25) is 0 Å². The van der Waals surface area contributed by atoms with Crippen LogP contribution >= 0.6 is 22.6 Å². The summed E-state index contributed by atoms with van der Waals surface area (Å²) < 4.78 is 27.0. The van der Waals surface area contributed by atoms with E-state index in [1.807, 2.05) is 0 Å². The van der Waals surface area contributed by atoms with E-state index in [0.717, 1.165) is 0 Å². The second-order valence-electron chi connectivity index (χ2n) is 5.76. The smallest absolute Gasteiger partial charge is 0.325 e. The lowest BCUT2D eigenvalue weighted by atomic mass is 9.92. The zero-order valence-electron chi connectivity index (χ0n) is 12.0. The minimum atomic E-state index is -3.66. The van der Waals surface area contributed by atoms with E-state index >= 15 is 0 Å². The van der Waals surface area contributed by atoms with Gasteiger partial charge in [0.15, 0.2) is 0 Å². The maximum absolute atomic E-state index is 10.2. The standard InChI is InChI=1S/C11H17BBrO8PS/c12-10-8-9(11(3-14,20-10)4-17-8)21-22(16,23)18-2-6-5(15)1-7(13)19-6/h5-10,14-15H,1-4H2,(H,16,23)/t5?,6-,7-,8?,9?,10-,11?,22?/m1/s1. The predicted octanol–water partition coefficient (Wildman–Crippen LogP) is -0.870. The van der Waals surface area contributed by atoms with E-state index in [1.165, 1.54) is 0 Å². The molecule has 2 bridgehead atoms. The highest BCUT2D eigenvalue weighted by Gasteiger charge is 2.61. The van der Waals surface area contributed by atoms with E-state index in [9.17, 15) is 15.1 Å². The van der Waals surface area contributed by atoms with Crippen LogP contribution in [-0.2, 0) is 35.1 Å². The Hall–Kier alpha value is 0.875. The van der Waals surface area contributed by atoms with Crippen molar-refractivity contribution in [3.8, 4) is 0 Å². The van der Waals surface area contributed by atoms with E-state index in [2.05, 4.69) is 15.9 Å². The lowest BCUT2D eigenvalue weighted by Gasteiger charge is -2.30. The van der Waals surface area contributed by atoms with Gasteiger partial charge in [0, 0.05) is 12.4 Å². The maximum atomic E-state index is 10.2. The van der Waals surface area contributed by atoms with Crippen molar-refractivity contribution in [3.05, 3.63) is 0 Å². The number of ether oxygens (including phenoxy) is 3. The molecule has 5 unspecified atom stereocenters. The van der Waals surface area contributed by atoms with Crippen LogP contribution in [0.2, 0.25) is 0 Å². The van der Waals surface area contributed by atoms with Crippen LogP contribution in [0.3, 0.4) is 0 Å². The van der Waals surface area contributed by atoms with E-state index < -0.39 is 42.7 Å². The molecule has 0 aliphatic carbocycles. The van der Waals surface area contributed by atoms with Crippen LogP contribution in [0.1, 0.15) is 6.42 Å². The molecule has 3 heterocycles.